The molecule has 3 N–H and O–H groups in total. The van der Waals surface area contributed by atoms with E-state index in [9.17, 15) is 10.2 Å². The average Bonchev–Trinajstić information content (AvgIpc) is 3.07. The Labute approximate surface area is 204 Å². The summed E-state index contributed by atoms with van der Waals surface area (Å²) in [6, 6.07) is 4.02. The molecule has 2 saturated carbocycles. The van der Waals surface area contributed by atoms with Crippen LogP contribution < -0.4 is 5.32 Å². The Morgan fingerprint density at radius 2 is 1.94 bits per heavy atom. The van der Waals surface area contributed by atoms with Gasteiger partial charge in [0.25, 0.3) is 0 Å². The van der Waals surface area contributed by atoms with Gasteiger partial charge in [-0.1, -0.05) is 37.3 Å². The van der Waals surface area contributed by atoms with Crippen molar-refractivity contribution in [3.8, 4) is 0 Å². The van der Waals surface area contributed by atoms with Crippen LogP contribution in [0.15, 0.2) is 47.7 Å². The van der Waals surface area contributed by atoms with E-state index in [1.165, 1.54) is 5.57 Å². The molecule has 0 spiro atoms. The number of rotatable bonds is 2. The number of pyridine rings is 1. The third kappa shape index (κ3) is 4.43. The van der Waals surface area contributed by atoms with Crippen molar-refractivity contribution in [2.24, 2.45) is 17.3 Å². The number of halogens is 1. The van der Waals surface area contributed by atoms with Crippen LogP contribution in [0.3, 0.4) is 0 Å². The fourth-order valence-corrected chi connectivity index (χ4v) is 6.97. The number of fused-ring (bicyclic) bond motifs is 4. The van der Waals surface area contributed by atoms with Gasteiger partial charge in [-0.2, -0.15) is 0 Å². The van der Waals surface area contributed by atoms with Crippen molar-refractivity contribution in [3.63, 3.8) is 0 Å². The number of hydrogen-bond donors (Lipinski definition) is 3. The minimum Gasteiger partial charge on any atom is -0.393 e. The fraction of sp³-hybridized carbons (Fsp3) is 0.621. The van der Waals surface area contributed by atoms with Gasteiger partial charge in [0.2, 0.25) is 0 Å². The highest BCUT2D eigenvalue weighted by molar-refractivity contribution is 5.57. The molecule has 6 atom stereocenters. The number of allylic oxidation sites excluding steroid dienone is 4. The van der Waals surface area contributed by atoms with E-state index in [0.29, 0.717) is 19.3 Å². The molecule has 0 amide bonds. The van der Waals surface area contributed by atoms with E-state index >= 15 is 4.39 Å². The predicted molar refractivity (Wildman–Crippen MR) is 136 cm³/mol. The Hall–Kier alpha value is -1.82. The number of nitrogens with one attached hydrogen (secondary N) is 1. The molecule has 0 radical (unpaired) electrons. The first kappa shape index (κ1) is 25.3. The van der Waals surface area contributed by atoms with Crippen molar-refractivity contribution in [2.75, 3.05) is 14.1 Å². The Morgan fingerprint density at radius 1 is 1.18 bits per heavy atom. The lowest BCUT2D eigenvalue weighted by molar-refractivity contribution is -0.0401. The second-order valence-corrected chi connectivity index (χ2v) is 11.1. The van der Waals surface area contributed by atoms with Crippen LogP contribution in [0.4, 0.5) is 4.39 Å². The molecule has 4 nitrogen and oxygen atoms in total. The standard InChI is InChI=1S/C27H34FNO2.C2H7N/c1-18-19(4-3-15-29-18)5-6-20-8-10-24-25(20,2)13-11-22-16-26(28)17-23(30)9-7-21(26)12-14-27(22,24)31;1-3-2/h3-6,8,11,15,21,23-24,30-31H,7,9-10,12-14,16-17H2,1-2H3;3H,1-2H3/b6-5+;/t21?,23?,24?,25?,26?,27-;/m1./s1. The molecule has 186 valence electrons. The lowest BCUT2D eigenvalue weighted by Crippen LogP contribution is -2.49. The Kier molecular flexibility index (Phi) is 7.19. The van der Waals surface area contributed by atoms with Crippen LogP contribution >= 0.6 is 0 Å². The number of aliphatic hydroxyl groups excluding tert-OH is 1. The summed E-state index contributed by atoms with van der Waals surface area (Å²) in [5.74, 6) is 0.0169. The third-order valence-electron chi connectivity index (χ3n) is 8.91. The average molecular weight is 469 g/mol. The number of hydrogen-bond acceptors (Lipinski definition) is 4. The minimum atomic E-state index is -1.38. The largest absolute Gasteiger partial charge is 0.393 e. The molecule has 34 heavy (non-hydrogen) atoms. The Morgan fingerprint density at radius 3 is 2.68 bits per heavy atom. The summed E-state index contributed by atoms with van der Waals surface area (Å²) in [7, 11) is 3.75. The van der Waals surface area contributed by atoms with Crippen LogP contribution in [0.1, 0.15) is 69.5 Å². The number of aromatic nitrogens is 1. The minimum absolute atomic E-state index is 0.0556. The zero-order chi connectivity index (χ0) is 24.6. The summed E-state index contributed by atoms with van der Waals surface area (Å²) in [5.41, 5.74) is 1.78. The SMILES string of the molecule is CNC.Cc1ncccc1/C=C/C1=CCC2C1(C)CC=C1CC3(F)CC(O)CCC3CC[C@@]12O. The summed E-state index contributed by atoms with van der Waals surface area (Å²) in [5, 5.41) is 24.9. The van der Waals surface area contributed by atoms with E-state index in [1.807, 2.05) is 33.3 Å². The molecule has 5 heteroatoms. The number of aryl methyl sites for hydroxylation is 1. The van der Waals surface area contributed by atoms with Crippen molar-refractivity contribution in [1.82, 2.24) is 10.3 Å². The first-order chi connectivity index (χ1) is 16.2. The molecule has 0 saturated heterocycles. The molecular formula is C29H41FN2O2. The number of nitrogens with zero attached hydrogens (tertiary/aromatic N) is 1. The van der Waals surface area contributed by atoms with Crippen LogP contribution in [-0.2, 0) is 0 Å². The van der Waals surface area contributed by atoms with Crippen molar-refractivity contribution in [3.05, 3.63) is 59.0 Å². The van der Waals surface area contributed by atoms with Crippen LogP contribution in [0, 0.1) is 24.2 Å². The molecule has 1 heterocycles. The highest BCUT2D eigenvalue weighted by Gasteiger charge is 2.58. The molecule has 0 aliphatic heterocycles. The van der Waals surface area contributed by atoms with Gasteiger partial charge in [-0.25, -0.2) is 4.39 Å². The van der Waals surface area contributed by atoms with Gasteiger partial charge in [-0.05, 0) is 88.2 Å². The molecule has 1 aromatic heterocycles. The van der Waals surface area contributed by atoms with Crippen molar-refractivity contribution in [1.29, 1.82) is 0 Å². The maximum Gasteiger partial charge on any atom is 0.120 e. The van der Waals surface area contributed by atoms with E-state index in [2.05, 4.69) is 47.6 Å². The molecule has 1 aromatic rings. The van der Waals surface area contributed by atoms with Crippen LogP contribution in [0.2, 0.25) is 0 Å². The van der Waals surface area contributed by atoms with E-state index in [4.69, 9.17) is 0 Å². The van der Waals surface area contributed by atoms with Crippen molar-refractivity contribution in [2.45, 2.75) is 82.6 Å². The predicted octanol–water partition coefficient (Wildman–Crippen LogP) is 5.31. The lowest BCUT2D eigenvalue weighted by Gasteiger charge is -2.49. The van der Waals surface area contributed by atoms with Crippen molar-refractivity contribution >= 4 is 6.08 Å². The smallest absolute Gasteiger partial charge is 0.120 e. The molecule has 5 unspecified atom stereocenters. The maximum atomic E-state index is 16.0. The highest BCUT2D eigenvalue weighted by Crippen LogP contribution is 2.61. The van der Waals surface area contributed by atoms with Gasteiger partial charge in [0.05, 0.1) is 11.7 Å². The summed E-state index contributed by atoms with van der Waals surface area (Å²) < 4.78 is 16.0. The zero-order valence-electron chi connectivity index (χ0n) is 21.1. The molecular weight excluding hydrogens is 427 g/mol. The maximum absolute atomic E-state index is 16.0. The topological polar surface area (TPSA) is 65.4 Å². The second-order valence-electron chi connectivity index (χ2n) is 11.1. The van der Waals surface area contributed by atoms with Crippen LogP contribution in [-0.4, -0.2) is 46.7 Å². The first-order valence-corrected chi connectivity index (χ1v) is 12.8. The molecule has 2 fully saturated rings. The normalized spacial score (nSPS) is 39.1. The summed E-state index contributed by atoms with van der Waals surface area (Å²) in [4.78, 5) is 4.37. The first-order valence-electron chi connectivity index (χ1n) is 12.8. The Balaban J connectivity index is 0.000000868. The fourth-order valence-electron chi connectivity index (χ4n) is 6.97. The van der Waals surface area contributed by atoms with Gasteiger partial charge in [-0.3, -0.25) is 4.98 Å². The zero-order valence-corrected chi connectivity index (χ0v) is 21.1. The summed E-state index contributed by atoms with van der Waals surface area (Å²) >= 11 is 0. The van der Waals surface area contributed by atoms with E-state index in [-0.39, 0.29) is 30.1 Å². The van der Waals surface area contributed by atoms with Gasteiger partial charge in [0, 0.05) is 36.1 Å². The number of alkyl halides is 1. The van der Waals surface area contributed by atoms with Gasteiger partial charge in [-0.15, -0.1) is 0 Å². The summed E-state index contributed by atoms with van der Waals surface area (Å²) in [6.45, 7) is 4.27. The van der Waals surface area contributed by atoms with Gasteiger partial charge < -0.3 is 15.5 Å². The van der Waals surface area contributed by atoms with Crippen LogP contribution in [0.5, 0.6) is 0 Å². The number of aliphatic hydroxyl groups is 2. The highest BCUT2D eigenvalue weighted by atomic mass is 19.1. The van der Waals surface area contributed by atoms with E-state index in [0.717, 1.165) is 36.1 Å². The van der Waals surface area contributed by atoms with Gasteiger partial charge in [0.1, 0.15) is 5.67 Å². The van der Waals surface area contributed by atoms with Gasteiger partial charge in [0.15, 0.2) is 0 Å². The third-order valence-corrected chi connectivity index (χ3v) is 8.91. The lowest BCUT2D eigenvalue weighted by atomic mass is 9.58. The second kappa shape index (κ2) is 9.67. The molecule has 4 aliphatic rings. The monoisotopic (exact) mass is 468 g/mol. The quantitative estimate of drug-likeness (QED) is 0.515. The van der Waals surface area contributed by atoms with Crippen molar-refractivity contribution < 1.29 is 14.6 Å². The molecule has 5 rings (SSSR count). The molecule has 4 aliphatic carbocycles. The molecule has 0 bridgehead atoms. The summed E-state index contributed by atoms with van der Waals surface area (Å²) in [6.07, 6.45) is 14.8. The Bertz CT molecular complexity index is 988. The van der Waals surface area contributed by atoms with E-state index in [1.54, 1.807) is 0 Å². The van der Waals surface area contributed by atoms with Gasteiger partial charge >= 0.3 is 0 Å². The van der Waals surface area contributed by atoms with E-state index < -0.39 is 17.4 Å². The molecule has 0 aromatic carbocycles. The van der Waals surface area contributed by atoms with Crippen LogP contribution in [0.25, 0.3) is 6.08 Å².